The average Bonchev–Trinajstić information content (AvgIpc) is 2.90. The predicted molar refractivity (Wildman–Crippen MR) is 144 cm³/mol. The Hall–Kier alpha value is -5.38. The van der Waals surface area contributed by atoms with Gasteiger partial charge in [0.15, 0.2) is 0 Å². The number of carbonyl (C=O) groups excluding carboxylic acids is 1. The van der Waals surface area contributed by atoms with Crippen molar-refractivity contribution >= 4 is 66.3 Å². The van der Waals surface area contributed by atoms with Gasteiger partial charge >= 0.3 is 18.2 Å². The second-order valence-electron chi connectivity index (χ2n) is 8.04. The lowest BCUT2D eigenvalue weighted by molar-refractivity contribution is 0.259. The number of amides is 2. The van der Waals surface area contributed by atoms with Gasteiger partial charge in [-0.2, -0.15) is 50.8 Å². The molecule has 0 aliphatic carbocycles. The maximum atomic E-state index is 13.3. The normalized spacial score (nSPS) is 12.1. The molecule has 0 unspecified atom stereocenters. The molecule has 222 valence electrons. The van der Waals surface area contributed by atoms with Crippen LogP contribution in [0, 0.1) is 12.2 Å². The first-order chi connectivity index (χ1) is 20.2. The van der Waals surface area contributed by atoms with Gasteiger partial charge in [-0.15, -0.1) is 10.2 Å². The summed E-state index contributed by atoms with van der Waals surface area (Å²) >= 11 is 0. The van der Waals surface area contributed by atoms with Gasteiger partial charge in [0.25, 0.3) is 20.2 Å². The van der Waals surface area contributed by atoms with Crippen molar-refractivity contribution < 1.29 is 39.5 Å². The van der Waals surface area contributed by atoms with Crippen LogP contribution in [0.25, 0.3) is 0 Å². The minimum atomic E-state index is -4.87. The number of anilines is 3. The van der Waals surface area contributed by atoms with Gasteiger partial charge in [0.05, 0.1) is 22.0 Å². The van der Waals surface area contributed by atoms with Crippen LogP contribution in [0.5, 0.6) is 0 Å². The van der Waals surface area contributed by atoms with Crippen molar-refractivity contribution in [3.63, 3.8) is 0 Å². The van der Waals surface area contributed by atoms with E-state index in [1.165, 1.54) is 36.4 Å². The quantitative estimate of drug-likeness (QED) is 0.124. The third kappa shape index (κ3) is 8.32. The Bertz CT molecular complexity index is 1970. The van der Waals surface area contributed by atoms with Crippen LogP contribution in [0.4, 0.5) is 53.6 Å². The number of nitrogens with two attached hydrogens (primary N) is 1. The van der Waals surface area contributed by atoms with E-state index >= 15 is 0 Å². The number of urea groups is 1. The van der Waals surface area contributed by atoms with Gasteiger partial charge in [-0.25, -0.2) is 4.79 Å². The van der Waals surface area contributed by atoms with Crippen molar-refractivity contribution in [3.05, 3.63) is 72.8 Å². The summed E-state index contributed by atoms with van der Waals surface area (Å²) in [6.07, 6.45) is -2.76. The lowest BCUT2D eigenvalue weighted by atomic mass is 10.2. The molecule has 0 aliphatic heterocycles. The van der Waals surface area contributed by atoms with Crippen LogP contribution < -0.4 is 16.4 Å². The van der Waals surface area contributed by atoms with Crippen molar-refractivity contribution in [2.24, 2.45) is 26.2 Å². The molecule has 3 aromatic carbocycles. The van der Waals surface area contributed by atoms with Gasteiger partial charge in [-0.1, -0.05) is 0 Å². The first-order valence-corrected chi connectivity index (χ1v) is 14.1. The van der Waals surface area contributed by atoms with Crippen LogP contribution in [0.15, 0.2) is 90.9 Å². The van der Waals surface area contributed by atoms with Crippen LogP contribution >= 0.6 is 0 Å². The van der Waals surface area contributed by atoms with Crippen molar-refractivity contribution in [2.45, 2.75) is 9.79 Å². The first-order valence-electron chi connectivity index (χ1n) is 11.2. The molecule has 0 aliphatic rings. The second kappa shape index (κ2) is 12.2. The van der Waals surface area contributed by atoms with Gasteiger partial charge in [-0.05, 0) is 60.7 Å². The van der Waals surface area contributed by atoms with Crippen LogP contribution in [-0.2, 0) is 20.2 Å². The molecule has 0 radical (unpaired) electrons. The first kappa shape index (κ1) is 30.6. The molecule has 43 heavy (non-hydrogen) atoms. The van der Waals surface area contributed by atoms with Gasteiger partial charge < -0.3 is 16.4 Å². The van der Waals surface area contributed by atoms with E-state index in [9.17, 15) is 35.0 Å². The van der Waals surface area contributed by atoms with Gasteiger partial charge in [-0.3, -0.25) is 9.11 Å². The molecule has 17 nitrogen and oxygen atoms in total. The van der Waals surface area contributed by atoms with Crippen molar-refractivity contribution in [1.82, 2.24) is 15.0 Å². The maximum absolute atomic E-state index is 13.3. The second-order valence-corrected chi connectivity index (χ2v) is 10.9. The highest BCUT2D eigenvalue weighted by atomic mass is 32.2. The number of hydrogen-bond acceptors (Lipinski definition) is 13. The molecule has 6 N–H and O–H groups in total. The number of azo groups is 2. The van der Waals surface area contributed by atoms with Crippen molar-refractivity contribution in [2.75, 3.05) is 10.6 Å². The number of hydrogen-bond donors (Lipinski definition) is 5. The van der Waals surface area contributed by atoms with Gasteiger partial charge in [0.1, 0.15) is 16.3 Å². The number of rotatable bonds is 9. The zero-order valence-corrected chi connectivity index (χ0v) is 22.6. The Balaban J connectivity index is 1.63. The number of primary amides is 1. The lowest BCUT2D eigenvalue weighted by Gasteiger charge is -2.10. The Kier molecular flexibility index (Phi) is 8.70. The molecule has 0 fully saturated rings. The monoisotopic (exact) mass is 634 g/mol. The summed E-state index contributed by atoms with van der Waals surface area (Å²) in [6.45, 7) is 0. The Morgan fingerprint density at radius 1 is 0.744 bits per heavy atom. The molecule has 0 spiro atoms. The van der Waals surface area contributed by atoms with E-state index in [0.717, 1.165) is 24.3 Å². The molecule has 0 bridgehead atoms. The smallest absolute Gasteiger partial charge is 0.316 e. The zero-order valence-electron chi connectivity index (χ0n) is 21.0. The average molecular weight is 635 g/mol. The van der Waals surface area contributed by atoms with Crippen LogP contribution in [0.1, 0.15) is 0 Å². The van der Waals surface area contributed by atoms with Crippen LogP contribution in [0.2, 0.25) is 0 Å². The molecule has 0 saturated heterocycles. The summed E-state index contributed by atoms with van der Waals surface area (Å²) < 4.78 is 91.7. The molecule has 0 saturated carbocycles. The minimum absolute atomic E-state index is 0.0526. The molecule has 21 heteroatoms. The number of aromatic nitrogens is 3. The topological polar surface area (TPSA) is 264 Å². The van der Waals surface area contributed by atoms with E-state index in [-0.39, 0.29) is 39.0 Å². The Morgan fingerprint density at radius 2 is 1.33 bits per heavy atom. The molecule has 1 aromatic heterocycles. The van der Waals surface area contributed by atoms with Crippen molar-refractivity contribution in [1.29, 1.82) is 0 Å². The van der Waals surface area contributed by atoms with Crippen LogP contribution in [0.3, 0.4) is 0 Å². The molecular weight excluding hydrogens is 618 g/mol. The van der Waals surface area contributed by atoms with E-state index in [4.69, 9.17) is 10.3 Å². The number of halogens is 2. The van der Waals surface area contributed by atoms with E-state index in [2.05, 4.69) is 46.0 Å². The van der Waals surface area contributed by atoms with Gasteiger partial charge in [0, 0.05) is 5.69 Å². The molecule has 4 rings (SSSR count). The van der Waals surface area contributed by atoms with E-state index in [1.54, 1.807) is 0 Å². The Morgan fingerprint density at radius 3 is 1.93 bits per heavy atom. The SMILES string of the molecule is NC(=O)Nc1cc(Nc2nc(F)nc(F)n2)ccc1/N=N/c1ccc(/N=N/c2ccc(S(=O)(=O)O)cc2)cc1S(=O)(=O)O. The van der Waals surface area contributed by atoms with Crippen LogP contribution in [-0.4, -0.2) is 46.9 Å². The summed E-state index contributed by atoms with van der Waals surface area (Å²) in [5, 5.41) is 20.2. The number of nitrogens with one attached hydrogen (secondary N) is 2. The number of benzene rings is 3. The highest BCUT2D eigenvalue weighted by Gasteiger charge is 2.17. The summed E-state index contributed by atoms with van der Waals surface area (Å²) in [7, 11) is -9.29. The lowest BCUT2D eigenvalue weighted by Crippen LogP contribution is -2.19. The fraction of sp³-hybridized carbons (Fsp3) is 0. The van der Waals surface area contributed by atoms with E-state index in [0.29, 0.717) is 0 Å². The standard InChI is InChI=1S/C22H16F2N10O7S2/c23-19-28-20(24)30-22(29-19)26-12-3-7-15(17(9-12)27-21(25)35)33-34-16-8-4-13(10-18(16)43(39,40)41)32-31-11-1-5-14(6-2-11)42(36,37)38/h1-10H,(H3,25,27,35)(H,36,37,38)(H,39,40,41)(H,26,28,29,30)/b32-31+,34-33+. The third-order valence-electron chi connectivity index (χ3n) is 4.99. The fourth-order valence-corrected chi connectivity index (χ4v) is 4.33. The predicted octanol–water partition coefficient (Wildman–Crippen LogP) is 4.71. The summed E-state index contributed by atoms with van der Waals surface area (Å²) in [6, 6.07) is 10.8. The zero-order chi connectivity index (χ0) is 31.4. The molecule has 0 atom stereocenters. The minimum Gasteiger partial charge on any atom is -0.351 e. The summed E-state index contributed by atoms with van der Waals surface area (Å²) in [5.74, 6) is -0.491. The highest BCUT2D eigenvalue weighted by molar-refractivity contribution is 7.86. The summed E-state index contributed by atoms with van der Waals surface area (Å²) in [5.41, 5.74) is 4.94. The van der Waals surface area contributed by atoms with E-state index < -0.39 is 49.3 Å². The molecule has 1 heterocycles. The number of nitrogens with zero attached hydrogens (tertiary/aromatic N) is 7. The summed E-state index contributed by atoms with van der Waals surface area (Å²) in [4.78, 5) is 19.8. The Labute approximate surface area is 240 Å². The third-order valence-corrected chi connectivity index (χ3v) is 6.74. The van der Waals surface area contributed by atoms with Gasteiger partial charge in [0.2, 0.25) is 5.95 Å². The molecule has 4 aromatic rings. The number of carbonyl (C=O) groups is 1. The molecule has 2 amide bonds. The maximum Gasteiger partial charge on any atom is 0.316 e. The largest absolute Gasteiger partial charge is 0.351 e. The highest BCUT2D eigenvalue weighted by Crippen LogP contribution is 2.34. The fourth-order valence-electron chi connectivity index (χ4n) is 3.21. The van der Waals surface area contributed by atoms with Crippen molar-refractivity contribution in [3.8, 4) is 0 Å². The molecular formula is C22H16F2N10O7S2. The van der Waals surface area contributed by atoms with E-state index in [1.807, 2.05) is 0 Å².